The molecule has 0 bridgehead atoms. The third kappa shape index (κ3) is 7.19. The van der Waals surface area contributed by atoms with Crippen LogP contribution in [0.3, 0.4) is 0 Å². The Morgan fingerprint density at radius 2 is 1.49 bits per heavy atom. The monoisotopic (exact) mass is 539 g/mol. The van der Waals surface area contributed by atoms with Gasteiger partial charge in [0.15, 0.2) is 0 Å². The summed E-state index contributed by atoms with van der Waals surface area (Å²) in [6.07, 6.45) is 2.41. The lowest BCUT2D eigenvalue weighted by atomic mass is 10.1. The van der Waals surface area contributed by atoms with Crippen LogP contribution in [-0.2, 0) is 32.6 Å². The van der Waals surface area contributed by atoms with E-state index in [1.807, 2.05) is 36.1 Å². The molecule has 3 aromatic carbocycles. The Balaban J connectivity index is 1.45. The van der Waals surface area contributed by atoms with Crippen LogP contribution in [0.25, 0.3) is 0 Å². The number of benzene rings is 3. The van der Waals surface area contributed by atoms with Gasteiger partial charge in [0.1, 0.15) is 0 Å². The van der Waals surface area contributed by atoms with Crippen LogP contribution in [0.2, 0.25) is 5.02 Å². The van der Waals surface area contributed by atoms with Crippen molar-refractivity contribution < 1.29 is 18.0 Å². The number of sulfonamides is 1. The van der Waals surface area contributed by atoms with Crippen LogP contribution in [-0.4, -0.2) is 49.1 Å². The summed E-state index contributed by atoms with van der Waals surface area (Å²) in [5.41, 5.74) is 3.21. The van der Waals surface area contributed by atoms with Gasteiger partial charge in [-0.2, -0.15) is 4.31 Å². The summed E-state index contributed by atoms with van der Waals surface area (Å²) >= 11 is 5.94. The lowest BCUT2D eigenvalue weighted by molar-refractivity contribution is -0.129. The Hall–Kier alpha value is -3.20. The van der Waals surface area contributed by atoms with E-state index in [2.05, 4.69) is 5.32 Å². The molecule has 1 aliphatic rings. The number of anilines is 1. The van der Waals surface area contributed by atoms with E-state index in [1.165, 1.54) is 24.3 Å². The molecule has 0 atom stereocenters. The van der Waals surface area contributed by atoms with Gasteiger partial charge in [-0.1, -0.05) is 53.6 Å². The number of carbonyl (C=O) groups is 2. The van der Waals surface area contributed by atoms with Gasteiger partial charge in [-0.3, -0.25) is 9.59 Å². The molecule has 1 heterocycles. The van der Waals surface area contributed by atoms with Crippen LogP contribution in [0, 0.1) is 6.92 Å². The number of nitrogens with zero attached hydrogens (tertiary/aromatic N) is 2. The van der Waals surface area contributed by atoms with E-state index in [1.54, 1.807) is 24.3 Å². The maximum absolute atomic E-state index is 13.4. The quantitative estimate of drug-likeness (QED) is 0.429. The zero-order chi connectivity index (χ0) is 26.4. The van der Waals surface area contributed by atoms with Gasteiger partial charge < -0.3 is 10.2 Å². The van der Waals surface area contributed by atoms with Crippen LogP contribution in [0.15, 0.2) is 77.7 Å². The smallest absolute Gasteiger partial charge is 0.243 e. The molecule has 1 saturated heterocycles. The Morgan fingerprint density at radius 3 is 2.11 bits per heavy atom. The highest BCUT2D eigenvalue weighted by atomic mass is 35.5. The zero-order valence-corrected chi connectivity index (χ0v) is 22.3. The molecule has 7 nitrogen and oxygen atoms in total. The molecule has 9 heteroatoms. The van der Waals surface area contributed by atoms with Gasteiger partial charge in [-0.25, -0.2) is 8.42 Å². The molecule has 0 aromatic heterocycles. The zero-order valence-electron chi connectivity index (χ0n) is 20.7. The molecule has 1 N–H and O–H groups in total. The van der Waals surface area contributed by atoms with Crippen molar-refractivity contribution >= 4 is 39.1 Å². The minimum Gasteiger partial charge on any atom is -0.342 e. The van der Waals surface area contributed by atoms with Crippen LogP contribution < -0.4 is 5.32 Å². The highest BCUT2D eigenvalue weighted by molar-refractivity contribution is 7.89. The maximum atomic E-state index is 13.4. The van der Waals surface area contributed by atoms with Gasteiger partial charge in [-0.15, -0.1) is 0 Å². The third-order valence-corrected chi connectivity index (χ3v) is 8.36. The van der Waals surface area contributed by atoms with Crippen molar-refractivity contribution in [2.75, 3.05) is 25.0 Å². The minimum absolute atomic E-state index is 0.0379. The van der Waals surface area contributed by atoms with Crippen molar-refractivity contribution in [2.24, 2.45) is 0 Å². The predicted molar refractivity (Wildman–Crippen MR) is 145 cm³/mol. The van der Waals surface area contributed by atoms with E-state index in [0.29, 0.717) is 17.1 Å². The maximum Gasteiger partial charge on any atom is 0.243 e. The number of rotatable bonds is 9. The standard InChI is InChI=1S/C28H30ClN3O4S/c1-21-4-6-23(7-5-21)19-32(37(35,36)26-14-10-24(29)11-15-26)20-27(33)30-25-12-8-22(9-13-25)18-28(34)31-16-2-3-17-31/h4-15H,2-3,16-20H2,1H3,(H,30,33). The van der Waals surface area contributed by atoms with E-state index >= 15 is 0 Å². The second-order valence-electron chi connectivity index (χ2n) is 9.22. The summed E-state index contributed by atoms with van der Waals surface area (Å²) in [4.78, 5) is 27.3. The van der Waals surface area contributed by atoms with Crippen molar-refractivity contribution in [1.82, 2.24) is 9.21 Å². The van der Waals surface area contributed by atoms with Crippen molar-refractivity contribution in [3.05, 3.63) is 94.5 Å². The number of amides is 2. The average Bonchev–Trinajstić information content (AvgIpc) is 3.42. The summed E-state index contributed by atoms with van der Waals surface area (Å²) in [5.74, 6) is -0.362. The van der Waals surface area contributed by atoms with Gasteiger partial charge in [0.05, 0.1) is 17.9 Å². The Morgan fingerprint density at radius 1 is 0.892 bits per heavy atom. The molecule has 194 valence electrons. The summed E-state index contributed by atoms with van der Waals surface area (Å²) in [6.45, 7) is 3.24. The van der Waals surface area contributed by atoms with Gasteiger partial charge in [-0.05, 0) is 67.3 Å². The number of likely N-dealkylation sites (tertiary alicyclic amines) is 1. The van der Waals surface area contributed by atoms with E-state index < -0.39 is 15.9 Å². The summed E-state index contributed by atoms with van der Waals surface area (Å²) < 4.78 is 28.0. The fraction of sp³-hybridized carbons (Fsp3) is 0.286. The normalized spacial score (nSPS) is 13.6. The van der Waals surface area contributed by atoms with E-state index in [4.69, 9.17) is 11.6 Å². The first kappa shape index (κ1) is 26.9. The van der Waals surface area contributed by atoms with Crippen molar-refractivity contribution in [3.63, 3.8) is 0 Å². The topological polar surface area (TPSA) is 86.8 Å². The molecule has 0 radical (unpaired) electrons. The third-order valence-electron chi connectivity index (χ3n) is 6.30. The fourth-order valence-corrected chi connectivity index (χ4v) is 5.71. The predicted octanol–water partition coefficient (Wildman–Crippen LogP) is 4.64. The van der Waals surface area contributed by atoms with Crippen LogP contribution >= 0.6 is 11.6 Å². The molecule has 0 saturated carbocycles. The average molecular weight is 540 g/mol. The summed E-state index contributed by atoms with van der Waals surface area (Å²) in [7, 11) is -3.97. The molecule has 37 heavy (non-hydrogen) atoms. The van der Waals surface area contributed by atoms with Gasteiger partial charge >= 0.3 is 0 Å². The van der Waals surface area contributed by atoms with Crippen molar-refractivity contribution in [3.8, 4) is 0 Å². The van der Waals surface area contributed by atoms with E-state index in [-0.39, 0.29) is 23.9 Å². The highest BCUT2D eigenvalue weighted by Crippen LogP contribution is 2.21. The second-order valence-corrected chi connectivity index (χ2v) is 11.6. The largest absolute Gasteiger partial charge is 0.342 e. The van der Waals surface area contributed by atoms with Gasteiger partial charge in [0.25, 0.3) is 0 Å². The SMILES string of the molecule is Cc1ccc(CN(CC(=O)Nc2ccc(CC(=O)N3CCCC3)cc2)S(=O)(=O)c2ccc(Cl)cc2)cc1. The lowest BCUT2D eigenvalue weighted by Gasteiger charge is -2.22. The molecule has 1 fully saturated rings. The molecular formula is C28H30ClN3O4S. The van der Waals surface area contributed by atoms with Gasteiger partial charge in [0.2, 0.25) is 21.8 Å². The van der Waals surface area contributed by atoms with Crippen LogP contribution in [0.4, 0.5) is 5.69 Å². The molecule has 1 aliphatic heterocycles. The number of carbonyl (C=O) groups excluding carboxylic acids is 2. The van der Waals surface area contributed by atoms with Gasteiger partial charge in [0, 0.05) is 30.3 Å². The fourth-order valence-electron chi connectivity index (χ4n) is 4.20. The molecule has 0 unspecified atom stereocenters. The molecule has 4 rings (SSSR count). The number of nitrogens with one attached hydrogen (secondary N) is 1. The first-order chi connectivity index (χ1) is 17.7. The lowest BCUT2D eigenvalue weighted by Crippen LogP contribution is -2.37. The number of halogens is 1. The molecular weight excluding hydrogens is 510 g/mol. The van der Waals surface area contributed by atoms with Crippen LogP contribution in [0.5, 0.6) is 0 Å². The van der Waals surface area contributed by atoms with E-state index in [0.717, 1.165) is 46.9 Å². The molecule has 0 aliphatic carbocycles. The Bertz CT molecular complexity index is 1340. The van der Waals surface area contributed by atoms with Crippen molar-refractivity contribution in [1.29, 1.82) is 0 Å². The highest BCUT2D eigenvalue weighted by Gasteiger charge is 2.27. The summed E-state index contributed by atoms with van der Waals surface area (Å²) in [6, 6.07) is 20.4. The van der Waals surface area contributed by atoms with Crippen LogP contribution in [0.1, 0.15) is 29.5 Å². The first-order valence-electron chi connectivity index (χ1n) is 12.2. The minimum atomic E-state index is -3.97. The number of hydrogen-bond acceptors (Lipinski definition) is 4. The number of aryl methyl sites for hydroxylation is 1. The van der Waals surface area contributed by atoms with E-state index in [9.17, 15) is 18.0 Å². The molecule has 0 spiro atoms. The Labute approximate surface area is 223 Å². The number of hydrogen-bond donors (Lipinski definition) is 1. The van der Waals surface area contributed by atoms with Crippen molar-refractivity contribution in [2.45, 2.75) is 37.6 Å². The molecule has 3 aromatic rings. The first-order valence-corrected chi connectivity index (χ1v) is 14.0. The second kappa shape index (κ2) is 11.9. The molecule has 2 amide bonds. The Kier molecular flexibility index (Phi) is 8.63. The summed E-state index contributed by atoms with van der Waals surface area (Å²) in [5, 5.41) is 3.20.